The van der Waals surface area contributed by atoms with Crippen LogP contribution in [0.25, 0.3) is 0 Å². The predicted molar refractivity (Wildman–Crippen MR) is 66.3 cm³/mol. The fourth-order valence-corrected chi connectivity index (χ4v) is 2.49. The number of hydrogen-bond donors (Lipinski definition) is 1. The maximum absolute atomic E-state index is 5.95. The lowest BCUT2D eigenvalue weighted by Crippen LogP contribution is -2.38. The first-order chi connectivity index (χ1) is 7.02. The van der Waals surface area contributed by atoms with Gasteiger partial charge in [-0.25, -0.2) is 0 Å². The average Bonchev–Trinajstić information content (AvgIpc) is 2.50. The minimum absolute atomic E-state index is 0.276. The normalized spacial score (nSPS) is 19.5. The molecule has 1 aliphatic heterocycles. The van der Waals surface area contributed by atoms with Gasteiger partial charge in [-0.2, -0.15) is 0 Å². The van der Waals surface area contributed by atoms with Crippen LogP contribution in [0.3, 0.4) is 0 Å². The van der Waals surface area contributed by atoms with Crippen LogP contribution >= 0.6 is 0 Å². The van der Waals surface area contributed by atoms with Gasteiger partial charge >= 0.3 is 0 Å². The topological polar surface area (TPSA) is 29.3 Å². The summed E-state index contributed by atoms with van der Waals surface area (Å²) >= 11 is 0. The third kappa shape index (κ3) is 1.69. The Balaban J connectivity index is 2.41. The largest absolute Gasteiger partial charge is 0.398 e. The van der Waals surface area contributed by atoms with Crippen molar-refractivity contribution < 1.29 is 0 Å². The zero-order valence-corrected chi connectivity index (χ0v) is 9.88. The Morgan fingerprint density at radius 1 is 1.33 bits per heavy atom. The maximum atomic E-state index is 5.95. The van der Waals surface area contributed by atoms with Crippen molar-refractivity contribution in [3.05, 3.63) is 23.8 Å². The Kier molecular flexibility index (Phi) is 2.37. The molecule has 1 aromatic rings. The monoisotopic (exact) mass is 204 g/mol. The fourth-order valence-electron chi connectivity index (χ4n) is 2.49. The lowest BCUT2D eigenvalue weighted by atomic mass is 10.0. The molecule has 0 amide bonds. The van der Waals surface area contributed by atoms with Crippen molar-refractivity contribution in [1.82, 2.24) is 0 Å². The van der Waals surface area contributed by atoms with Gasteiger partial charge in [-0.1, -0.05) is 6.07 Å². The zero-order valence-electron chi connectivity index (χ0n) is 9.88. The van der Waals surface area contributed by atoms with Crippen LogP contribution in [0.2, 0.25) is 0 Å². The number of anilines is 2. The predicted octanol–water partition coefficient (Wildman–Crippen LogP) is 2.96. The molecule has 2 heteroatoms. The molecule has 0 radical (unpaired) electrons. The highest BCUT2D eigenvalue weighted by molar-refractivity contribution is 5.65. The minimum Gasteiger partial charge on any atom is -0.398 e. The molecule has 2 rings (SSSR count). The molecule has 2 nitrogen and oxygen atoms in total. The first-order valence-corrected chi connectivity index (χ1v) is 5.65. The Morgan fingerprint density at radius 2 is 2.07 bits per heavy atom. The van der Waals surface area contributed by atoms with E-state index in [4.69, 9.17) is 5.73 Å². The van der Waals surface area contributed by atoms with Crippen molar-refractivity contribution in [3.8, 4) is 0 Å². The summed E-state index contributed by atoms with van der Waals surface area (Å²) in [6.07, 6.45) is 2.54. The standard InChI is InChI=1S/C13H20N2/c1-10-11(14)6-4-7-12(10)15-9-5-8-13(15,2)3/h4,6-7H,5,8-9,14H2,1-3H3. The molecular formula is C13H20N2. The summed E-state index contributed by atoms with van der Waals surface area (Å²) in [6, 6.07) is 6.20. The quantitative estimate of drug-likeness (QED) is 0.713. The van der Waals surface area contributed by atoms with Gasteiger partial charge < -0.3 is 10.6 Å². The number of benzene rings is 1. The molecule has 0 bridgehead atoms. The second kappa shape index (κ2) is 3.44. The molecule has 0 aliphatic carbocycles. The van der Waals surface area contributed by atoms with Crippen molar-refractivity contribution in [1.29, 1.82) is 0 Å². The Bertz CT molecular complexity index is 369. The number of hydrogen-bond acceptors (Lipinski definition) is 2. The number of nitrogens with two attached hydrogens (primary N) is 1. The van der Waals surface area contributed by atoms with Gasteiger partial charge in [0.05, 0.1) is 0 Å². The molecule has 0 saturated carbocycles. The number of nitrogen functional groups attached to an aromatic ring is 1. The van der Waals surface area contributed by atoms with Gasteiger partial charge in [0.1, 0.15) is 0 Å². The zero-order chi connectivity index (χ0) is 11.1. The first-order valence-electron chi connectivity index (χ1n) is 5.65. The van der Waals surface area contributed by atoms with E-state index in [-0.39, 0.29) is 5.54 Å². The van der Waals surface area contributed by atoms with Gasteiger partial charge in [0, 0.05) is 23.5 Å². The Labute approximate surface area is 92.1 Å². The molecule has 82 valence electrons. The van der Waals surface area contributed by atoms with Gasteiger partial charge in [0.15, 0.2) is 0 Å². The fraction of sp³-hybridized carbons (Fsp3) is 0.538. The van der Waals surface area contributed by atoms with Gasteiger partial charge in [-0.15, -0.1) is 0 Å². The molecule has 1 heterocycles. The second-order valence-electron chi connectivity index (χ2n) is 5.06. The van der Waals surface area contributed by atoms with E-state index in [9.17, 15) is 0 Å². The highest BCUT2D eigenvalue weighted by Gasteiger charge is 2.32. The summed E-state index contributed by atoms with van der Waals surface area (Å²) in [5.74, 6) is 0. The molecule has 1 aromatic carbocycles. The van der Waals surface area contributed by atoms with E-state index in [0.717, 1.165) is 12.2 Å². The van der Waals surface area contributed by atoms with E-state index in [1.807, 2.05) is 12.1 Å². The van der Waals surface area contributed by atoms with Crippen molar-refractivity contribution in [2.24, 2.45) is 0 Å². The summed E-state index contributed by atoms with van der Waals surface area (Å²) in [7, 11) is 0. The Hall–Kier alpha value is -1.18. The van der Waals surface area contributed by atoms with Crippen LogP contribution in [-0.2, 0) is 0 Å². The van der Waals surface area contributed by atoms with Crippen LogP contribution in [-0.4, -0.2) is 12.1 Å². The summed E-state index contributed by atoms with van der Waals surface area (Å²) in [5, 5.41) is 0. The van der Waals surface area contributed by atoms with Crippen molar-refractivity contribution in [3.63, 3.8) is 0 Å². The lowest BCUT2D eigenvalue weighted by molar-refractivity contribution is 0.517. The van der Waals surface area contributed by atoms with E-state index in [0.29, 0.717) is 0 Å². The third-order valence-corrected chi connectivity index (χ3v) is 3.54. The molecule has 0 spiro atoms. The molecular weight excluding hydrogens is 184 g/mol. The third-order valence-electron chi connectivity index (χ3n) is 3.54. The van der Waals surface area contributed by atoms with Crippen LogP contribution in [0.5, 0.6) is 0 Å². The van der Waals surface area contributed by atoms with Gasteiger partial charge in [-0.05, 0) is 51.3 Å². The van der Waals surface area contributed by atoms with Crippen molar-refractivity contribution in [2.75, 3.05) is 17.2 Å². The highest BCUT2D eigenvalue weighted by Crippen LogP contribution is 2.36. The molecule has 2 N–H and O–H groups in total. The van der Waals surface area contributed by atoms with Crippen molar-refractivity contribution >= 4 is 11.4 Å². The molecule has 1 fully saturated rings. The minimum atomic E-state index is 0.276. The van der Waals surface area contributed by atoms with Crippen LogP contribution in [0, 0.1) is 6.92 Å². The van der Waals surface area contributed by atoms with E-state index < -0.39 is 0 Å². The summed E-state index contributed by atoms with van der Waals surface area (Å²) < 4.78 is 0. The highest BCUT2D eigenvalue weighted by atomic mass is 15.2. The SMILES string of the molecule is Cc1c(N)cccc1N1CCCC1(C)C. The average molecular weight is 204 g/mol. The van der Waals surface area contributed by atoms with Crippen LogP contribution in [0.15, 0.2) is 18.2 Å². The summed E-state index contributed by atoms with van der Waals surface area (Å²) in [5.41, 5.74) is 9.64. The van der Waals surface area contributed by atoms with Crippen LogP contribution in [0.4, 0.5) is 11.4 Å². The summed E-state index contributed by atoms with van der Waals surface area (Å²) in [6.45, 7) is 7.88. The molecule has 1 aliphatic rings. The van der Waals surface area contributed by atoms with Gasteiger partial charge in [0.25, 0.3) is 0 Å². The first kappa shape index (κ1) is 10.3. The van der Waals surface area contributed by atoms with Crippen LogP contribution < -0.4 is 10.6 Å². The van der Waals surface area contributed by atoms with E-state index >= 15 is 0 Å². The Morgan fingerprint density at radius 3 is 2.67 bits per heavy atom. The number of rotatable bonds is 1. The van der Waals surface area contributed by atoms with E-state index in [2.05, 4.69) is 31.7 Å². The van der Waals surface area contributed by atoms with Gasteiger partial charge in [0.2, 0.25) is 0 Å². The molecule has 15 heavy (non-hydrogen) atoms. The van der Waals surface area contributed by atoms with Crippen molar-refractivity contribution in [2.45, 2.75) is 39.2 Å². The van der Waals surface area contributed by atoms with E-state index in [1.54, 1.807) is 0 Å². The molecule has 1 saturated heterocycles. The smallest absolute Gasteiger partial charge is 0.0421 e. The van der Waals surface area contributed by atoms with E-state index in [1.165, 1.54) is 24.1 Å². The van der Waals surface area contributed by atoms with Crippen LogP contribution in [0.1, 0.15) is 32.3 Å². The molecule has 0 aromatic heterocycles. The number of nitrogens with zero attached hydrogens (tertiary/aromatic N) is 1. The lowest BCUT2D eigenvalue weighted by Gasteiger charge is -2.35. The molecule has 0 unspecified atom stereocenters. The van der Waals surface area contributed by atoms with Gasteiger partial charge in [-0.3, -0.25) is 0 Å². The molecule has 0 atom stereocenters. The maximum Gasteiger partial charge on any atom is 0.0421 e. The second-order valence-corrected chi connectivity index (χ2v) is 5.06. The summed E-state index contributed by atoms with van der Waals surface area (Å²) in [4.78, 5) is 2.48.